The molecule has 10 nitrogen and oxygen atoms in total. The van der Waals surface area contributed by atoms with Crippen LogP contribution in [0.5, 0.6) is 0 Å². The third-order valence-electron chi connectivity index (χ3n) is 4.53. The average molecular weight is 454 g/mol. The number of hydrogen-bond donors (Lipinski definition) is 3. The van der Waals surface area contributed by atoms with Gasteiger partial charge in [-0.25, -0.2) is 8.42 Å². The van der Waals surface area contributed by atoms with Crippen molar-refractivity contribution >= 4 is 38.9 Å². The molecule has 0 radical (unpaired) electrons. The van der Waals surface area contributed by atoms with E-state index in [1.807, 2.05) is 0 Å². The highest BCUT2D eigenvalue weighted by Gasteiger charge is 2.20. The number of amides is 2. The van der Waals surface area contributed by atoms with Crippen LogP contribution in [0.15, 0.2) is 71.6 Å². The molecule has 0 aliphatic heterocycles. The number of rotatable bonds is 7. The number of sulfonamides is 1. The maximum absolute atomic E-state index is 12.6. The Hall–Kier alpha value is -4.25. The normalized spacial score (nSPS) is 10.9. The molecule has 0 aliphatic carbocycles. The average Bonchev–Trinajstić information content (AvgIpc) is 2.74. The van der Waals surface area contributed by atoms with Gasteiger partial charge in [-0.05, 0) is 49.4 Å². The number of nitrogens with zero attached hydrogens (tertiary/aromatic N) is 1. The summed E-state index contributed by atoms with van der Waals surface area (Å²) in [6, 6.07) is 15.4. The summed E-state index contributed by atoms with van der Waals surface area (Å²) < 4.78 is 27.5. The number of carbonyl (C=O) groups excluding carboxylic acids is 2. The minimum atomic E-state index is -4.09. The number of aryl methyl sites for hydroxylation is 1. The fourth-order valence-corrected chi connectivity index (χ4v) is 3.94. The smallest absolute Gasteiger partial charge is 0.273 e. The molecule has 32 heavy (non-hydrogen) atoms. The molecular weight excluding hydrogens is 436 g/mol. The number of anilines is 2. The first-order valence-electron chi connectivity index (χ1n) is 9.16. The van der Waals surface area contributed by atoms with Crippen LogP contribution in [0.3, 0.4) is 0 Å². The first-order chi connectivity index (χ1) is 15.1. The van der Waals surface area contributed by atoms with Gasteiger partial charge >= 0.3 is 0 Å². The van der Waals surface area contributed by atoms with E-state index in [0.29, 0.717) is 5.56 Å². The molecular formula is C21H18N4O6S. The summed E-state index contributed by atoms with van der Waals surface area (Å²) in [5.74, 6) is -1.22. The molecule has 0 fully saturated rings. The third-order valence-corrected chi connectivity index (χ3v) is 5.91. The molecule has 3 aromatic carbocycles. The Balaban J connectivity index is 1.77. The van der Waals surface area contributed by atoms with Crippen molar-refractivity contribution in [2.45, 2.75) is 11.8 Å². The van der Waals surface area contributed by atoms with E-state index in [1.165, 1.54) is 55.5 Å². The number of hydrogen-bond acceptors (Lipinski definition) is 6. The van der Waals surface area contributed by atoms with Crippen molar-refractivity contribution in [1.82, 2.24) is 0 Å². The summed E-state index contributed by atoms with van der Waals surface area (Å²) in [6.45, 7) is 1.51. The van der Waals surface area contributed by atoms with Crippen LogP contribution < -0.4 is 15.8 Å². The Labute approximate surface area is 183 Å². The van der Waals surface area contributed by atoms with Crippen LogP contribution in [0, 0.1) is 17.0 Å². The molecule has 3 aromatic rings. The van der Waals surface area contributed by atoms with Crippen molar-refractivity contribution in [2.75, 3.05) is 10.0 Å². The Morgan fingerprint density at radius 3 is 2.28 bits per heavy atom. The zero-order valence-corrected chi connectivity index (χ0v) is 17.5. The summed E-state index contributed by atoms with van der Waals surface area (Å²) in [4.78, 5) is 34.1. The molecule has 0 bridgehead atoms. The molecule has 0 aliphatic rings. The Kier molecular flexibility index (Phi) is 6.21. The van der Waals surface area contributed by atoms with Gasteiger partial charge in [-0.1, -0.05) is 18.2 Å². The van der Waals surface area contributed by atoms with Crippen LogP contribution in [0.1, 0.15) is 26.3 Å². The van der Waals surface area contributed by atoms with Gasteiger partial charge in [0, 0.05) is 22.9 Å². The standard InChI is InChI=1S/C21H18N4O6S/c1-13-6-11-16(12-19(13)25(28)29)32(30,31)24-15-9-7-14(8-10-15)21(27)23-18-5-3-2-4-17(18)20(22)26/h2-12,24H,1H3,(H2,22,26)(H,23,27). The van der Waals surface area contributed by atoms with Gasteiger partial charge in [0.1, 0.15) is 0 Å². The number of nitro benzene ring substituents is 1. The van der Waals surface area contributed by atoms with E-state index in [1.54, 1.807) is 12.1 Å². The largest absolute Gasteiger partial charge is 0.366 e. The predicted octanol–water partition coefficient (Wildman–Crippen LogP) is 3.06. The highest BCUT2D eigenvalue weighted by atomic mass is 32.2. The van der Waals surface area contributed by atoms with E-state index in [-0.39, 0.29) is 33.1 Å². The van der Waals surface area contributed by atoms with E-state index in [2.05, 4.69) is 10.0 Å². The summed E-state index contributed by atoms with van der Waals surface area (Å²) in [6.07, 6.45) is 0. The fraction of sp³-hybridized carbons (Fsp3) is 0.0476. The van der Waals surface area contributed by atoms with Crippen molar-refractivity contribution in [3.63, 3.8) is 0 Å². The Morgan fingerprint density at radius 1 is 1.00 bits per heavy atom. The number of benzene rings is 3. The van der Waals surface area contributed by atoms with Crippen molar-refractivity contribution < 1.29 is 22.9 Å². The topological polar surface area (TPSA) is 162 Å². The molecule has 11 heteroatoms. The van der Waals surface area contributed by atoms with Crippen LogP contribution in [0.25, 0.3) is 0 Å². The van der Waals surface area contributed by atoms with E-state index >= 15 is 0 Å². The maximum atomic E-state index is 12.6. The fourth-order valence-electron chi connectivity index (χ4n) is 2.86. The highest BCUT2D eigenvalue weighted by molar-refractivity contribution is 7.92. The predicted molar refractivity (Wildman–Crippen MR) is 118 cm³/mol. The van der Waals surface area contributed by atoms with Gasteiger partial charge in [-0.3, -0.25) is 24.4 Å². The van der Waals surface area contributed by atoms with Crippen molar-refractivity contribution in [3.8, 4) is 0 Å². The monoisotopic (exact) mass is 454 g/mol. The zero-order chi connectivity index (χ0) is 23.5. The molecule has 0 spiro atoms. The third kappa shape index (κ3) is 4.90. The summed E-state index contributed by atoms with van der Waals surface area (Å²) in [7, 11) is -4.09. The summed E-state index contributed by atoms with van der Waals surface area (Å²) >= 11 is 0. The zero-order valence-electron chi connectivity index (χ0n) is 16.7. The van der Waals surface area contributed by atoms with Gasteiger partial charge in [0.25, 0.3) is 27.5 Å². The molecule has 164 valence electrons. The van der Waals surface area contributed by atoms with Gasteiger partial charge in [0.2, 0.25) is 0 Å². The molecule has 0 saturated carbocycles. The van der Waals surface area contributed by atoms with Gasteiger partial charge in [0.05, 0.1) is 21.1 Å². The summed E-state index contributed by atoms with van der Waals surface area (Å²) in [5, 5.41) is 13.7. The SMILES string of the molecule is Cc1ccc(S(=O)(=O)Nc2ccc(C(=O)Nc3ccccc3C(N)=O)cc2)cc1[N+](=O)[O-]. The van der Waals surface area contributed by atoms with Crippen LogP contribution in [0.2, 0.25) is 0 Å². The number of carbonyl (C=O) groups is 2. The van der Waals surface area contributed by atoms with Crippen LogP contribution in [0.4, 0.5) is 17.1 Å². The van der Waals surface area contributed by atoms with Gasteiger partial charge in [0.15, 0.2) is 0 Å². The van der Waals surface area contributed by atoms with Crippen molar-refractivity contribution in [2.24, 2.45) is 5.73 Å². The maximum Gasteiger partial charge on any atom is 0.273 e. The van der Waals surface area contributed by atoms with E-state index in [9.17, 15) is 28.1 Å². The number of para-hydroxylation sites is 1. The molecule has 4 N–H and O–H groups in total. The minimum absolute atomic E-state index is 0.150. The van der Waals surface area contributed by atoms with E-state index in [4.69, 9.17) is 5.73 Å². The lowest BCUT2D eigenvalue weighted by Crippen LogP contribution is -2.18. The molecule has 0 atom stereocenters. The lowest BCUT2D eigenvalue weighted by atomic mass is 10.1. The first-order valence-corrected chi connectivity index (χ1v) is 10.6. The molecule has 0 heterocycles. The molecule has 0 aromatic heterocycles. The number of primary amides is 1. The second-order valence-corrected chi connectivity index (χ2v) is 8.43. The van der Waals surface area contributed by atoms with Crippen molar-refractivity contribution in [1.29, 1.82) is 0 Å². The van der Waals surface area contributed by atoms with Crippen LogP contribution in [-0.4, -0.2) is 25.2 Å². The van der Waals surface area contributed by atoms with Gasteiger partial charge in [-0.2, -0.15) is 0 Å². The molecule has 0 unspecified atom stereocenters. The summed E-state index contributed by atoms with van der Waals surface area (Å²) in [5.41, 5.74) is 6.08. The van der Waals surface area contributed by atoms with E-state index < -0.39 is 26.8 Å². The second-order valence-electron chi connectivity index (χ2n) is 6.75. The van der Waals surface area contributed by atoms with Crippen molar-refractivity contribution in [3.05, 3.63) is 93.5 Å². The van der Waals surface area contributed by atoms with Gasteiger partial charge in [-0.15, -0.1) is 0 Å². The van der Waals surface area contributed by atoms with Crippen LogP contribution in [-0.2, 0) is 10.0 Å². The second kappa shape index (κ2) is 8.86. The number of nitro groups is 1. The Morgan fingerprint density at radius 2 is 1.66 bits per heavy atom. The van der Waals surface area contributed by atoms with Crippen LogP contribution >= 0.6 is 0 Å². The Bertz CT molecular complexity index is 1320. The molecule has 2 amide bonds. The van der Waals surface area contributed by atoms with Gasteiger partial charge < -0.3 is 11.1 Å². The molecule has 3 rings (SSSR count). The number of nitrogens with two attached hydrogens (primary N) is 1. The number of nitrogens with one attached hydrogen (secondary N) is 2. The highest BCUT2D eigenvalue weighted by Crippen LogP contribution is 2.24. The van der Waals surface area contributed by atoms with E-state index in [0.717, 1.165) is 6.07 Å². The quantitative estimate of drug-likeness (QED) is 0.367. The lowest BCUT2D eigenvalue weighted by molar-refractivity contribution is -0.385. The first kappa shape index (κ1) is 22.4. The molecule has 0 saturated heterocycles. The minimum Gasteiger partial charge on any atom is -0.366 e. The lowest BCUT2D eigenvalue weighted by Gasteiger charge is -2.11.